The third kappa shape index (κ3) is 3.57. The van der Waals surface area contributed by atoms with Gasteiger partial charge in [0.25, 0.3) is 0 Å². The third-order valence-corrected chi connectivity index (χ3v) is 2.75. The van der Waals surface area contributed by atoms with E-state index in [4.69, 9.17) is 11.5 Å². The predicted octanol–water partition coefficient (Wildman–Crippen LogP) is 3.27. The Hall–Kier alpha value is -2.96. The average molecular weight is 307 g/mol. The quantitative estimate of drug-likeness (QED) is 0.352. The van der Waals surface area contributed by atoms with Crippen LogP contribution in [0.25, 0.3) is 5.76 Å². The summed E-state index contributed by atoms with van der Waals surface area (Å²) in [5.74, 6) is -2.83. The van der Waals surface area contributed by atoms with Crippen molar-refractivity contribution in [2.75, 3.05) is 5.73 Å². The number of nitrogens with two attached hydrogens (primary N) is 2. The largest absolute Gasteiger partial charge is 0.507 e. The molecule has 7 heteroatoms. The summed E-state index contributed by atoms with van der Waals surface area (Å²) in [7, 11) is 0. The SMILES string of the molecule is NC(/C=C(\O)c1ccc(F)cc1)=Nc1cc(F)c(N)c(F)c1. The lowest BCUT2D eigenvalue weighted by Crippen LogP contribution is -2.08. The van der Waals surface area contributed by atoms with Gasteiger partial charge in [0.15, 0.2) is 11.6 Å². The van der Waals surface area contributed by atoms with Gasteiger partial charge in [-0.2, -0.15) is 0 Å². The van der Waals surface area contributed by atoms with Gasteiger partial charge in [-0.05, 0) is 24.3 Å². The highest BCUT2D eigenvalue weighted by molar-refractivity contribution is 5.98. The van der Waals surface area contributed by atoms with E-state index in [1.165, 1.54) is 12.1 Å². The summed E-state index contributed by atoms with van der Waals surface area (Å²) in [6.45, 7) is 0. The van der Waals surface area contributed by atoms with E-state index in [9.17, 15) is 18.3 Å². The molecule has 0 bridgehead atoms. The van der Waals surface area contributed by atoms with Crippen molar-refractivity contribution in [3.8, 4) is 0 Å². The first kappa shape index (κ1) is 15.4. The van der Waals surface area contributed by atoms with Crippen LogP contribution in [0.4, 0.5) is 24.5 Å². The summed E-state index contributed by atoms with van der Waals surface area (Å²) >= 11 is 0. The molecule has 2 rings (SSSR count). The molecule has 0 heterocycles. The Morgan fingerprint density at radius 1 is 1.05 bits per heavy atom. The van der Waals surface area contributed by atoms with Crippen LogP contribution in [0.1, 0.15) is 5.56 Å². The molecule has 0 spiro atoms. The second-order valence-corrected chi connectivity index (χ2v) is 4.40. The summed E-state index contributed by atoms with van der Waals surface area (Å²) in [5, 5.41) is 9.82. The van der Waals surface area contributed by atoms with E-state index >= 15 is 0 Å². The molecule has 0 radical (unpaired) electrons. The highest BCUT2D eigenvalue weighted by Crippen LogP contribution is 2.23. The topological polar surface area (TPSA) is 84.6 Å². The van der Waals surface area contributed by atoms with E-state index in [0.717, 1.165) is 30.3 Å². The minimum Gasteiger partial charge on any atom is -0.507 e. The first-order chi connectivity index (χ1) is 10.4. The minimum absolute atomic E-state index is 0.0927. The number of hydrogen-bond acceptors (Lipinski definition) is 3. The van der Waals surface area contributed by atoms with Crippen LogP contribution in [0.5, 0.6) is 0 Å². The zero-order chi connectivity index (χ0) is 16.3. The lowest BCUT2D eigenvalue weighted by atomic mass is 10.2. The van der Waals surface area contributed by atoms with E-state index in [-0.39, 0.29) is 17.3 Å². The number of benzene rings is 2. The van der Waals surface area contributed by atoms with Crippen LogP contribution in [-0.4, -0.2) is 10.9 Å². The fraction of sp³-hybridized carbons (Fsp3) is 0. The molecule has 0 aromatic heterocycles. The molecular weight excluding hydrogens is 295 g/mol. The molecule has 4 nitrogen and oxygen atoms in total. The van der Waals surface area contributed by atoms with Crippen molar-refractivity contribution >= 4 is 23.0 Å². The first-order valence-electron chi connectivity index (χ1n) is 6.12. The molecule has 0 saturated carbocycles. The van der Waals surface area contributed by atoms with Crippen LogP contribution in [-0.2, 0) is 0 Å². The molecule has 0 atom stereocenters. The maximum atomic E-state index is 13.3. The van der Waals surface area contributed by atoms with Crippen LogP contribution in [0, 0.1) is 17.5 Å². The number of aliphatic imine (C=N–C) groups is 1. The van der Waals surface area contributed by atoms with Crippen LogP contribution in [0.3, 0.4) is 0 Å². The Morgan fingerprint density at radius 2 is 1.59 bits per heavy atom. The molecule has 0 aliphatic rings. The Morgan fingerprint density at radius 3 is 2.14 bits per heavy atom. The van der Waals surface area contributed by atoms with Gasteiger partial charge < -0.3 is 16.6 Å². The highest BCUT2D eigenvalue weighted by atomic mass is 19.1. The smallest absolute Gasteiger partial charge is 0.151 e. The van der Waals surface area contributed by atoms with Gasteiger partial charge in [0.05, 0.1) is 5.69 Å². The van der Waals surface area contributed by atoms with Crippen LogP contribution < -0.4 is 11.5 Å². The molecule has 0 saturated heterocycles. The van der Waals surface area contributed by atoms with E-state index in [0.29, 0.717) is 5.56 Å². The molecule has 22 heavy (non-hydrogen) atoms. The fourth-order valence-corrected chi connectivity index (χ4v) is 1.66. The molecule has 5 N–H and O–H groups in total. The molecule has 0 amide bonds. The second-order valence-electron chi connectivity index (χ2n) is 4.40. The van der Waals surface area contributed by atoms with Crippen molar-refractivity contribution in [2.24, 2.45) is 10.7 Å². The van der Waals surface area contributed by atoms with Crippen molar-refractivity contribution < 1.29 is 18.3 Å². The molecule has 0 aliphatic heterocycles. The van der Waals surface area contributed by atoms with Crippen molar-refractivity contribution in [1.82, 2.24) is 0 Å². The van der Waals surface area contributed by atoms with Gasteiger partial charge in [0, 0.05) is 23.8 Å². The second kappa shape index (κ2) is 6.21. The van der Waals surface area contributed by atoms with Crippen LogP contribution in [0.2, 0.25) is 0 Å². The van der Waals surface area contributed by atoms with Gasteiger partial charge in [-0.3, -0.25) is 0 Å². The third-order valence-electron chi connectivity index (χ3n) is 2.75. The summed E-state index contributed by atoms with van der Waals surface area (Å²) < 4.78 is 39.3. The Balaban J connectivity index is 2.29. The van der Waals surface area contributed by atoms with E-state index in [1.54, 1.807) is 0 Å². The number of aliphatic hydroxyl groups excluding tert-OH is 1. The summed E-state index contributed by atoms with van der Waals surface area (Å²) in [5.41, 5.74) is 10.3. The number of nitrogen functional groups attached to an aromatic ring is 1. The minimum atomic E-state index is -0.960. The standard InChI is InChI=1S/C15H12F3N3O/c16-9-3-1-8(2-4-9)13(22)7-14(19)21-10-5-11(17)15(20)12(18)6-10/h1-7,22H,20H2,(H2,19,21)/b13-7-. The number of nitrogens with zero attached hydrogens (tertiary/aromatic N) is 1. The van der Waals surface area contributed by atoms with Gasteiger partial charge in [0.2, 0.25) is 0 Å². The Labute approximate surface area is 124 Å². The average Bonchev–Trinajstić information content (AvgIpc) is 2.45. The first-order valence-corrected chi connectivity index (χ1v) is 6.12. The van der Waals surface area contributed by atoms with Crippen LogP contribution >= 0.6 is 0 Å². The zero-order valence-electron chi connectivity index (χ0n) is 11.2. The number of halogens is 3. The van der Waals surface area contributed by atoms with Gasteiger partial charge in [-0.15, -0.1) is 0 Å². The Kier molecular flexibility index (Phi) is 4.36. The van der Waals surface area contributed by atoms with Crippen molar-refractivity contribution in [3.63, 3.8) is 0 Å². The monoisotopic (exact) mass is 307 g/mol. The van der Waals surface area contributed by atoms with Crippen molar-refractivity contribution in [2.45, 2.75) is 0 Å². The Bertz CT molecular complexity index is 732. The summed E-state index contributed by atoms with van der Waals surface area (Å²) in [4.78, 5) is 3.75. The van der Waals surface area contributed by atoms with E-state index in [1.807, 2.05) is 0 Å². The van der Waals surface area contributed by atoms with Gasteiger partial charge in [-0.25, -0.2) is 18.2 Å². The molecule has 2 aromatic carbocycles. The normalized spacial score (nSPS) is 12.5. The molecular formula is C15H12F3N3O. The van der Waals surface area contributed by atoms with Gasteiger partial charge in [0.1, 0.15) is 23.1 Å². The number of anilines is 1. The number of hydrogen-bond donors (Lipinski definition) is 3. The lowest BCUT2D eigenvalue weighted by Gasteiger charge is -2.02. The molecule has 0 unspecified atom stereocenters. The summed E-state index contributed by atoms with van der Waals surface area (Å²) in [6.07, 6.45) is 1.08. The maximum absolute atomic E-state index is 13.3. The number of rotatable bonds is 3. The molecule has 114 valence electrons. The zero-order valence-corrected chi connectivity index (χ0v) is 11.2. The van der Waals surface area contributed by atoms with E-state index < -0.39 is 23.1 Å². The highest BCUT2D eigenvalue weighted by Gasteiger charge is 2.07. The van der Waals surface area contributed by atoms with Crippen molar-refractivity contribution in [3.05, 3.63) is 65.5 Å². The van der Waals surface area contributed by atoms with E-state index in [2.05, 4.69) is 4.99 Å². The van der Waals surface area contributed by atoms with Crippen molar-refractivity contribution in [1.29, 1.82) is 0 Å². The predicted molar refractivity (Wildman–Crippen MR) is 79.1 cm³/mol. The van der Waals surface area contributed by atoms with Gasteiger partial charge in [-0.1, -0.05) is 0 Å². The lowest BCUT2D eigenvalue weighted by molar-refractivity contribution is 0.512. The maximum Gasteiger partial charge on any atom is 0.151 e. The number of amidine groups is 1. The fourth-order valence-electron chi connectivity index (χ4n) is 1.66. The molecule has 2 aromatic rings. The van der Waals surface area contributed by atoms with Crippen LogP contribution in [0.15, 0.2) is 47.5 Å². The molecule has 0 aliphatic carbocycles. The summed E-state index contributed by atoms with van der Waals surface area (Å²) in [6, 6.07) is 6.84. The molecule has 0 fully saturated rings. The number of aliphatic hydroxyl groups is 1. The van der Waals surface area contributed by atoms with Gasteiger partial charge >= 0.3 is 0 Å².